The van der Waals surface area contributed by atoms with Crippen LogP contribution in [0, 0.1) is 34.5 Å². The van der Waals surface area contributed by atoms with Gasteiger partial charge in [0, 0.05) is 5.92 Å². The third-order valence-corrected chi connectivity index (χ3v) is 7.88. The van der Waals surface area contributed by atoms with Gasteiger partial charge in [-0.3, -0.25) is 4.79 Å². The molecule has 2 bridgehead atoms. The largest absolute Gasteiger partial charge is 0.386 e. The molecule has 1 spiro atoms. The van der Waals surface area contributed by atoms with E-state index in [2.05, 4.69) is 13.8 Å². The van der Waals surface area contributed by atoms with Gasteiger partial charge in [-0.05, 0) is 54.6 Å². The summed E-state index contributed by atoms with van der Waals surface area (Å²) in [5.41, 5.74) is -1.80. The van der Waals surface area contributed by atoms with Crippen LogP contribution < -0.4 is 0 Å². The van der Waals surface area contributed by atoms with Crippen molar-refractivity contribution in [2.75, 3.05) is 0 Å². The Balaban J connectivity index is 1.99. The van der Waals surface area contributed by atoms with Crippen LogP contribution in [0.5, 0.6) is 0 Å². The number of hydrogen-bond acceptors (Lipinski definition) is 4. The summed E-state index contributed by atoms with van der Waals surface area (Å²) in [7, 11) is 0. The molecule has 2 fully saturated rings. The van der Waals surface area contributed by atoms with Crippen LogP contribution in [0.2, 0.25) is 0 Å². The minimum absolute atomic E-state index is 0.0256. The van der Waals surface area contributed by atoms with E-state index in [1.165, 1.54) is 0 Å². The molecule has 4 aliphatic rings. The number of carbonyl (C=O) groups excluding carboxylic acids is 1. The van der Waals surface area contributed by atoms with Gasteiger partial charge in [0.25, 0.3) is 0 Å². The number of ketones is 1. The molecule has 24 heavy (non-hydrogen) atoms. The van der Waals surface area contributed by atoms with Gasteiger partial charge in [-0.2, -0.15) is 0 Å². The van der Waals surface area contributed by atoms with E-state index in [1.54, 1.807) is 19.9 Å². The van der Waals surface area contributed by atoms with Crippen LogP contribution in [0.1, 0.15) is 41.0 Å². The highest BCUT2D eigenvalue weighted by atomic mass is 16.4. The van der Waals surface area contributed by atoms with Crippen LogP contribution in [0.4, 0.5) is 0 Å². The summed E-state index contributed by atoms with van der Waals surface area (Å²) in [6, 6.07) is 0. The Bertz CT molecular complexity index is 690. The smallest absolute Gasteiger partial charge is 0.153 e. The Kier molecular flexibility index (Phi) is 3.03. The molecule has 0 amide bonds. The second kappa shape index (κ2) is 4.40. The molecule has 0 radical (unpaired) electrons. The summed E-state index contributed by atoms with van der Waals surface area (Å²) in [6.45, 7) is 9.91. The molecule has 0 aromatic rings. The Morgan fingerprint density at radius 1 is 1.12 bits per heavy atom. The lowest BCUT2D eigenvalue weighted by Gasteiger charge is -2.48. The molecule has 4 rings (SSSR count). The van der Waals surface area contributed by atoms with E-state index in [1.807, 2.05) is 13.0 Å². The highest BCUT2D eigenvalue weighted by Gasteiger charge is 2.75. The second-order valence-electron chi connectivity index (χ2n) is 9.28. The number of aliphatic hydroxyl groups is 3. The van der Waals surface area contributed by atoms with Gasteiger partial charge in [0.1, 0.15) is 17.8 Å². The first-order valence-electron chi connectivity index (χ1n) is 9.01. The van der Waals surface area contributed by atoms with Gasteiger partial charge in [0.15, 0.2) is 5.78 Å². The second-order valence-corrected chi connectivity index (χ2v) is 9.28. The summed E-state index contributed by atoms with van der Waals surface area (Å²) in [5.74, 6) is 0.240. The average molecular weight is 332 g/mol. The zero-order valence-electron chi connectivity index (χ0n) is 15.1. The quantitative estimate of drug-likeness (QED) is 0.592. The van der Waals surface area contributed by atoms with Crippen LogP contribution in [0.25, 0.3) is 0 Å². The molecule has 0 saturated heterocycles. The number of aliphatic hydroxyl groups excluding tert-OH is 2. The molecule has 4 aliphatic carbocycles. The lowest BCUT2D eigenvalue weighted by Crippen LogP contribution is -2.64. The van der Waals surface area contributed by atoms with Crippen LogP contribution in [0.3, 0.4) is 0 Å². The van der Waals surface area contributed by atoms with Crippen molar-refractivity contribution in [2.45, 2.75) is 58.8 Å². The molecule has 2 saturated carbocycles. The molecular formula is C20H28O4. The Morgan fingerprint density at radius 2 is 1.71 bits per heavy atom. The van der Waals surface area contributed by atoms with E-state index in [0.717, 1.165) is 6.42 Å². The molecular weight excluding hydrogens is 304 g/mol. The lowest BCUT2D eigenvalue weighted by atomic mass is 9.59. The standard InChI is InChI=1S/C20H28O4/c1-9-6-12-14-13(18(14,4)5)7-11(3)19(17(12)23)8-10(2)16(22)20(19,24)15(9)21/h6,8,11-16,21-22,24H,7H2,1-5H3/t11-,12?,13?,14+,15-,16+,19+,20?/m1/s1. The van der Waals surface area contributed by atoms with Crippen LogP contribution in [-0.2, 0) is 4.79 Å². The summed E-state index contributed by atoms with van der Waals surface area (Å²) in [5, 5.41) is 33.2. The first kappa shape index (κ1) is 16.5. The zero-order chi connectivity index (χ0) is 17.8. The van der Waals surface area contributed by atoms with Gasteiger partial charge in [0.2, 0.25) is 0 Å². The fraction of sp³-hybridized carbons (Fsp3) is 0.750. The monoisotopic (exact) mass is 332 g/mol. The fourth-order valence-corrected chi connectivity index (χ4v) is 6.41. The minimum atomic E-state index is -1.87. The van der Waals surface area contributed by atoms with Crippen molar-refractivity contribution >= 4 is 5.78 Å². The van der Waals surface area contributed by atoms with Crippen molar-refractivity contribution in [2.24, 2.45) is 34.5 Å². The highest BCUT2D eigenvalue weighted by Crippen LogP contribution is 2.71. The number of carbonyl (C=O) groups is 1. The van der Waals surface area contributed by atoms with E-state index in [-0.39, 0.29) is 29.0 Å². The fourth-order valence-electron chi connectivity index (χ4n) is 6.41. The molecule has 4 heteroatoms. The van der Waals surface area contributed by atoms with Crippen molar-refractivity contribution in [3.8, 4) is 0 Å². The third-order valence-electron chi connectivity index (χ3n) is 7.88. The summed E-state index contributed by atoms with van der Waals surface area (Å²) in [4.78, 5) is 13.7. The Labute approximate surface area is 143 Å². The Hall–Kier alpha value is -0.970. The van der Waals surface area contributed by atoms with Crippen molar-refractivity contribution in [3.05, 3.63) is 23.3 Å². The van der Waals surface area contributed by atoms with Crippen molar-refractivity contribution in [3.63, 3.8) is 0 Å². The summed E-state index contributed by atoms with van der Waals surface area (Å²) < 4.78 is 0. The topological polar surface area (TPSA) is 77.8 Å². The van der Waals surface area contributed by atoms with Crippen molar-refractivity contribution < 1.29 is 20.1 Å². The van der Waals surface area contributed by atoms with Crippen LogP contribution >= 0.6 is 0 Å². The Morgan fingerprint density at radius 3 is 2.33 bits per heavy atom. The highest BCUT2D eigenvalue weighted by molar-refractivity contribution is 5.95. The molecule has 4 nitrogen and oxygen atoms in total. The van der Waals surface area contributed by atoms with Gasteiger partial charge in [-0.1, -0.05) is 32.9 Å². The molecule has 0 aliphatic heterocycles. The van der Waals surface area contributed by atoms with E-state index >= 15 is 0 Å². The maximum absolute atomic E-state index is 13.7. The number of hydrogen-bond donors (Lipinski definition) is 3. The van der Waals surface area contributed by atoms with Crippen LogP contribution in [0.15, 0.2) is 23.3 Å². The van der Waals surface area contributed by atoms with E-state index in [4.69, 9.17) is 0 Å². The van der Waals surface area contributed by atoms with E-state index in [0.29, 0.717) is 17.1 Å². The van der Waals surface area contributed by atoms with Gasteiger partial charge >= 0.3 is 0 Å². The molecule has 0 aromatic heterocycles. The summed E-state index contributed by atoms with van der Waals surface area (Å²) in [6.07, 6.45) is 2.01. The lowest BCUT2D eigenvalue weighted by molar-refractivity contribution is -0.189. The molecule has 3 N–H and O–H groups in total. The number of fused-ring (bicyclic) bond motifs is 3. The van der Waals surface area contributed by atoms with Crippen LogP contribution in [-0.4, -0.2) is 38.9 Å². The number of allylic oxidation sites excluding steroid dienone is 1. The third kappa shape index (κ3) is 1.50. The van der Waals surface area contributed by atoms with Crippen molar-refractivity contribution in [1.29, 1.82) is 0 Å². The molecule has 132 valence electrons. The number of Topliss-reactive ketones (excluding diaryl/α,β-unsaturated/α-hetero) is 1. The SMILES string of the molecule is CC1=CC2C(=O)[C@]3(C=C(C)[C@H](O)C3(O)[C@@H]1O)[C@H](C)CC1[C@H]2C1(C)C. The zero-order valence-corrected chi connectivity index (χ0v) is 15.1. The number of rotatable bonds is 0. The van der Waals surface area contributed by atoms with Gasteiger partial charge in [-0.15, -0.1) is 0 Å². The first-order chi connectivity index (χ1) is 11.0. The molecule has 8 atom stereocenters. The van der Waals surface area contributed by atoms with Crippen molar-refractivity contribution in [1.82, 2.24) is 0 Å². The van der Waals surface area contributed by atoms with E-state index in [9.17, 15) is 20.1 Å². The van der Waals surface area contributed by atoms with Gasteiger partial charge < -0.3 is 15.3 Å². The van der Waals surface area contributed by atoms with Gasteiger partial charge in [-0.25, -0.2) is 0 Å². The normalized spacial score (nSPS) is 54.9. The first-order valence-corrected chi connectivity index (χ1v) is 9.01. The summed E-state index contributed by atoms with van der Waals surface area (Å²) >= 11 is 0. The molecule has 3 unspecified atom stereocenters. The van der Waals surface area contributed by atoms with Gasteiger partial charge in [0.05, 0.1) is 5.41 Å². The van der Waals surface area contributed by atoms with E-state index < -0.39 is 23.2 Å². The maximum Gasteiger partial charge on any atom is 0.153 e. The predicted molar refractivity (Wildman–Crippen MR) is 89.9 cm³/mol. The maximum atomic E-state index is 13.7. The predicted octanol–water partition coefficient (Wildman–Crippen LogP) is 1.84. The minimum Gasteiger partial charge on any atom is -0.386 e. The molecule has 0 aromatic carbocycles. The molecule has 0 heterocycles. The average Bonchev–Trinajstić information content (AvgIpc) is 3.01.